The second-order valence-corrected chi connectivity index (χ2v) is 9.77. The van der Waals surface area contributed by atoms with Crippen molar-refractivity contribution in [1.29, 1.82) is 0 Å². The van der Waals surface area contributed by atoms with E-state index in [0.29, 0.717) is 13.0 Å². The van der Waals surface area contributed by atoms with Crippen molar-refractivity contribution in [2.75, 3.05) is 13.1 Å². The van der Waals surface area contributed by atoms with Gasteiger partial charge in [-0.1, -0.05) is 45.0 Å². The van der Waals surface area contributed by atoms with E-state index in [2.05, 4.69) is 49.9 Å². The van der Waals surface area contributed by atoms with E-state index in [4.69, 9.17) is 0 Å². The second-order valence-electron chi connectivity index (χ2n) is 9.77. The molecule has 3 aliphatic heterocycles. The number of hydrogen-bond donors (Lipinski definition) is 1. The molecule has 0 saturated carbocycles. The maximum absolute atomic E-state index is 13.1. The predicted octanol–water partition coefficient (Wildman–Crippen LogP) is 3.59. The molecule has 2 bridgehead atoms. The lowest BCUT2D eigenvalue weighted by atomic mass is 9.86. The maximum atomic E-state index is 13.1. The van der Waals surface area contributed by atoms with E-state index in [1.807, 2.05) is 4.90 Å². The first-order valence-electron chi connectivity index (χ1n) is 10.6. The summed E-state index contributed by atoms with van der Waals surface area (Å²) in [6.45, 7) is 7.80. The molecule has 4 unspecified atom stereocenters. The van der Waals surface area contributed by atoms with Crippen molar-refractivity contribution in [1.82, 2.24) is 9.80 Å². The van der Waals surface area contributed by atoms with Gasteiger partial charge in [0.25, 0.3) is 0 Å². The van der Waals surface area contributed by atoms with Crippen LogP contribution < -0.4 is 0 Å². The van der Waals surface area contributed by atoms with Crippen molar-refractivity contribution < 1.29 is 14.7 Å². The number of aliphatic carboxylic acids is 1. The number of carbonyl (C=O) groups is 2. The maximum Gasteiger partial charge on any atom is 0.308 e. The third-order valence-electron chi connectivity index (χ3n) is 7.05. The SMILES string of the molecule is CC(C)(C)c1ccc(C2CCCN2C(=O)CN2C3CCC2C(C(=O)O)C3)cc1. The highest BCUT2D eigenvalue weighted by Crippen LogP contribution is 2.42. The zero-order valence-electron chi connectivity index (χ0n) is 17.2. The lowest BCUT2D eigenvalue weighted by molar-refractivity contribution is -0.143. The molecule has 5 heteroatoms. The Morgan fingerprint density at radius 3 is 2.43 bits per heavy atom. The van der Waals surface area contributed by atoms with Crippen LogP contribution in [0, 0.1) is 5.92 Å². The number of fused-ring (bicyclic) bond motifs is 2. The van der Waals surface area contributed by atoms with E-state index in [9.17, 15) is 14.7 Å². The third kappa shape index (κ3) is 3.45. The first kappa shape index (κ1) is 19.4. The van der Waals surface area contributed by atoms with Crippen molar-refractivity contribution in [3.8, 4) is 0 Å². The van der Waals surface area contributed by atoms with Crippen LogP contribution in [-0.2, 0) is 15.0 Å². The molecule has 5 nitrogen and oxygen atoms in total. The zero-order chi connectivity index (χ0) is 20.1. The lowest BCUT2D eigenvalue weighted by Crippen LogP contribution is -2.43. The van der Waals surface area contributed by atoms with Gasteiger partial charge >= 0.3 is 5.97 Å². The average molecular weight is 385 g/mol. The Bertz CT molecular complexity index is 752. The normalized spacial score (nSPS) is 30.2. The number of likely N-dealkylation sites (tertiary alicyclic amines) is 1. The number of carboxylic acid groups (broad SMARTS) is 1. The highest BCUT2D eigenvalue weighted by atomic mass is 16.4. The zero-order valence-corrected chi connectivity index (χ0v) is 17.2. The van der Waals surface area contributed by atoms with E-state index in [0.717, 1.165) is 32.2 Å². The second kappa shape index (κ2) is 7.18. The van der Waals surface area contributed by atoms with Crippen LogP contribution in [0.3, 0.4) is 0 Å². The van der Waals surface area contributed by atoms with Crippen LogP contribution in [-0.4, -0.2) is 52.0 Å². The Hall–Kier alpha value is -1.88. The highest BCUT2D eigenvalue weighted by molar-refractivity contribution is 5.80. The van der Waals surface area contributed by atoms with E-state index in [1.54, 1.807) is 0 Å². The molecule has 152 valence electrons. The summed E-state index contributed by atoms with van der Waals surface area (Å²) in [6.07, 6.45) is 4.67. The Labute approximate surface area is 167 Å². The summed E-state index contributed by atoms with van der Waals surface area (Å²) >= 11 is 0. The Kier molecular flexibility index (Phi) is 4.98. The minimum atomic E-state index is -0.706. The topological polar surface area (TPSA) is 60.9 Å². The van der Waals surface area contributed by atoms with Crippen LogP contribution in [0.4, 0.5) is 0 Å². The molecular formula is C23H32N2O3. The molecule has 1 aromatic carbocycles. The number of benzene rings is 1. The van der Waals surface area contributed by atoms with E-state index in [-0.39, 0.29) is 35.4 Å². The largest absolute Gasteiger partial charge is 0.481 e. The van der Waals surface area contributed by atoms with Crippen LogP contribution in [0.5, 0.6) is 0 Å². The number of hydrogen-bond acceptors (Lipinski definition) is 3. The molecule has 1 N–H and O–H groups in total. The van der Waals surface area contributed by atoms with Gasteiger partial charge in [0.05, 0.1) is 18.5 Å². The number of nitrogens with zero attached hydrogens (tertiary/aromatic N) is 2. The monoisotopic (exact) mass is 384 g/mol. The fraction of sp³-hybridized carbons (Fsp3) is 0.652. The first-order chi connectivity index (χ1) is 13.3. The van der Waals surface area contributed by atoms with Gasteiger partial charge in [-0.3, -0.25) is 14.5 Å². The molecule has 0 spiro atoms. The fourth-order valence-electron chi connectivity index (χ4n) is 5.48. The van der Waals surface area contributed by atoms with Gasteiger partial charge < -0.3 is 10.0 Å². The highest BCUT2D eigenvalue weighted by Gasteiger charge is 2.50. The minimum absolute atomic E-state index is 0.0403. The van der Waals surface area contributed by atoms with Gasteiger partial charge in [0.15, 0.2) is 0 Å². The number of carboxylic acids is 1. The molecule has 1 amide bonds. The van der Waals surface area contributed by atoms with Gasteiger partial charge in [0.1, 0.15) is 0 Å². The van der Waals surface area contributed by atoms with Gasteiger partial charge in [-0.05, 0) is 48.6 Å². The molecule has 3 saturated heterocycles. The molecular weight excluding hydrogens is 352 g/mol. The van der Waals surface area contributed by atoms with Gasteiger partial charge in [0, 0.05) is 18.6 Å². The first-order valence-corrected chi connectivity index (χ1v) is 10.6. The predicted molar refractivity (Wildman–Crippen MR) is 108 cm³/mol. The fourth-order valence-corrected chi connectivity index (χ4v) is 5.48. The summed E-state index contributed by atoms with van der Waals surface area (Å²) < 4.78 is 0. The standard InChI is InChI=1S/C23H32N2O3/c1-23(2,3)16-8-6-15(7-9-16)19-5-4-12-24(19)21(26)14-25-17-10-11-20(25)18(13-17)22(27)28/h6-9,17-20H,4-5,10-14H2,1-3H3,(H,27,28). The number of rotatable bonds is 4. The molecule has 3 aliphatic rings. The molecule has 3 fully saturated rings. The quantitative estimate of drug-likeness (QED) is 0.862. The van der Waals surface area contributed by atoms with E-state index >= 15 is 0 Å². The van der Waals surface area contributed by atoms with E-state index in [1.165, 1.54) is 11.1 Å². The molecule has 0 radical (unpaired) electrons. The molecule has 0 aliphatic carbocycles. The summed E-state index contributed by atoms with van der Waals surface area (Å²) in [5, 5.41) is 9.45. The average Bonchev–Trinajstić information content (AvgIpc) is 3.36. The molecule has 0 aromatic heterocycles. The van der Waals surface area contributed by atoms with Crippen molar-refractivity contribution in [2.45, 2.75) is 76.4 Å². The molecule has 4 rings (SSSR count). The van der Waals surface area contributed by atoms with E-state index < -0.39 is 5.97 Å². The van der Waals surface area contributed by atoms with Crippen molar-refractivity contribution in [3.05, 3.63) is 35.4 Å². The lowest BCUT2D eigenvalue weighted by Gasteiger charge is -2.29. The molecule has 1 aromatic rings. The molecule has 3 heterocycles. The van der Waals surface area contributed by atoms with Crippen molar-refractivity contribution in [3.63, 3.8) is 0 Å². The summed E-state index contributed by atoms with van der Waals surface area (Å²) in [4.78, 5) is 28.8. The van der Waals surface area contributed by atoms with Gasteiger partial charge in [-0.15, -0.1) is 0 Å². The van der Waals surface area contributed by atoms with Crippen LogP contribution in [0.15, 0.2) is 24.3 Å². The van der Waals surface area contributed by atoms with Crippen molar-refractivity contribution >= 4 is 11.9 Å². The van der Waals surface area contributed by atoms with Gasteiger partial charge in [-0.2, -0.15) is 0 Å². The van der Waals surface area contributed by atoms with Crippen LogP contribution in [0.2, 0.25) is 0 Å². The summed E-state index contributed by atoms with van der Waals surface area (Å²) in [5.41, 5.74) is 2.64. The summed E-state index contributed by atoms with van der Waals surface area (Å²) in [6, 6.07) is 9.19. The van der Waals surface area contributed by atoms with Gasteiger partial charge in [-0.25, -0.2) is 0 Å². The Morgan fingerprint density at radius 2 is 1.82 bits per heavy atom. The van der Waals surface area contributed by atoms with Crippen LogP contribution >= 0.6 is 0 Å². The number of amides is 1. The Morgan fingerprint density at radius 1 is 1.11 bits per heavy atom. The Balaban J connectivity index is 1.45. The summed E-state index contributed by atoms with van der Waals surface area (Å²) in [5.74, 6) is -0.848. The van der Waals surface area contributed by atoms with Gasteiger partial charge in [0.2, 0.25) is 5.91 Å². The van der Waals surface area contributed by atoms with Crippen LogP contribution in [0.1, 0.15) is 70.0 Å². The smallest absolute Gasteiger partial charge is 0.308 e. The van der Waals surface area contributed by atoms with Crippen LogP contribution in [0.25, 0.3) is 0 Å². The molecule has 4 atom stereocenters. The third-order valence-corrected chi connectivity index (χ3v) is 7.05. The van der Waals surface area contributed by atoms with Crippen molar-refractivity contribution in [2.24, 2.45) is 5.92 Å². The molecule has 28 heavy (non-hydrogen) atoms. The minimum Gasteiger partial charge on any atom is -0.481 e. The summed E-state index contributed by atoms with van der Waals surface area (Å²) in [7, 11) is 0. The number of carbonyl (C=O) groups excluding carboxylic acids is 1.